The minimum Gasteiger partial charge on any atom is -0.485 e. The normalized spacial score (nSPS) is 10.7. The zero-order valence-corrected chi connectivity index (χ0v) is 18.5. The summed E-state index contributed by atoms with van der Waals surface area (Å²) in [4.78, 5) is 22.8. The molecule has 0 saturated carbocycles. The van der Waals surface area contributed by atoms with Gasteiger partial charge in [-0.25, -0.2) is 0 Å². The second-order valence-electron chi connectivity index (χ2n) is 7.11. The molecule has 31 heavy (non-hydrogen) atoms. The first-order chi connectivity index (χ1) is 14.7. The summed E-state index contributed by atoms with van der Waals surface area (Å²) in [6, 6.07) is 10.6. The molecule has 3 rings (SSSR count). The van der Waals surface area contributed by atoms with Crippen LogP contribution in [0.15, 0.2) is 41.6 Å². The van der Waals surface area contributed by atoms with Gasteiger partial charge in [0.25, 0.3) is 5.69 Å². The highest BCUT2D eigenvalue weighted by atomic mass is 32.2. The van der Waals surface area contributed by atoms with Gasteiger partial charge in [0.05, 0.1) is 10.7 Å². The van der Waals surface area contributed by atoms with Crippen molar-refractivity contribution in [3.8, 4) is 5.75 Å². The number of hydrogen-bond donors (Lipinski definition) is 1. The van der Waals surface area contributed by atoms with Crippen molar-refractivity contribution in [1.82, 2.24) is 14.8 Å². The van der Waals surface area contributed by atoms with Crippen LogP contribution in [0.2, 0.25) is 0 Å². The van der Waals surface area contributed by atoms with E-state index in [1.807, 2.05) is 39.1 Å². The van der Waals surface area contributed by atoms with E-state index in [0.29, 0.717) is 22.2 Å². The number of aromatic nitrogens is 3. The van der Waals surface area contributed by atoms with Gasteiger partial charge in [-0.3, -0.25) is 14.9 Å². The molecule has 9 nitrogen and oxygen atoms in total. The van der Waals surface area contributed by atoms with E-state index in [2.05, 4.69) is 15.5 Å². The zero-order chi connectivity index (χ0) is 22.5. The molecule has 1 amide bonds. The molecular weight excluding hydrogens is 418 g/mol. The quantitative estimate of drug-likeness (QED) is 0.320. The molecule has 0 radical (unpaired) electrons. The zero-order valence-electron chi connectivity index (χ0n) is 17.7. The number of hydrogen-bond acceptors (Lipinski definition) is 7. The van der Waals surface area contributed by atoms with Gasteiger partial charge >= 0.3 is 0 Å². The fourth-order valence-corrected chi connectivity index (χ4v) is 3.54. The van der Waals surface area contributed by atoms with Crippen LogP contribution in [0.4, 0.5) is 11.4 Å². The summed E-state index contributed by atoms with van der Waals surface area (Å²) in [6.07, 6.45) is 0. The Morgan fingerprint density at radius 1 is 1.16 bits per heavy atom. The Morgan fingerprint density at radius 3 is 2.65 bits per heavy atom. The van der Waals surface area contributed by atoms with E-state index in [1.54, 1.807) is 23.6 Å². The number of amides is 1. The Balaban J connectivity index is 1.57. The van der Waals surface area contributed by atoms with Gasteiger partial charge in [0.15, 0.2) is 11.0 Å². The predicted molar refractivity (Wildman–Crippen MR) is 118 cm³/mol. The highest BCUT2D eigenvalue weighted by Crippen LogP contribution is 2.24. The number of nitrogens with one attached hydrogen (secondary N) is 1. The number of rotatable bonds is 8. The Morgan fingerprint density at radius 2 is 1.90 bits per heavy atom. The van der Waals surface area contributed by atoms with E-state index >= 15 is 0 Å². The number of nitrogens with zero attached hydrogens (tertiary/aromatic N) is 4. The maximum Gasteiger partial charge on any atom is 0.274 e. The van der Waals surface area contributed by atoms with Crippen LogP contribution in [0.3, 0.4) is 0 Å². The molecule has 162 valence electrons. The molecule has 2 aromatic carbocycles. The van der Waals surface area contributed by atoms with Crippen LogP contribution in [0.1, 0.15) is 22.5 Å². The summed E-state index contributed by atoms with van der Waals surface area (Å²) >= 11 is 1.22. The molecule has 3 aromatic rings. The molecule has 0 bridgehead atoms. The average molecular weight is 442 g/mol. The van der Waals surface area contributed by atoms with Gasteiger partial charge < -0.3 is 14.6 Å². The molecule has 1 aromatic heterocycles. The van der Waals surface area contributed by atoms with Crippen molar-refractivity contribution < 1.29 is 14.5 Å². The largest absolute Gasteiger partial charge is 0.485 e. The minimum atomic E-state index is -0.471. The summed E-state index contributed by atoms with van der Waals surface area (Å²) in [5, 5.41) is 22.6. The van der Waals surface area contributed by atoms with Crippen LogP contribution >= 0.6 is 11.8 Å². The number of anilines is 1. The van der Waals surface area contributed by atoms with Crippen molar-refractivity contribution in [1.29, 1.82) is 0 Å². The molecular formula is C21H23N5O4S. The number of aryl methyl sites for hydroxylation is 3. The van der Waals surface area contributed by atoms with Gasteiger partial charge in [0.2, 0.25) is 5.91 Å². The lowest BCUT2D eigenvalue weighted by molar-refractivity contribution is -0.385. The molecule has 0 aliphatic rings. The fraction of sp³-hybridized carbons (Fsp3) is 0.286. The van der Waals surface area contributed by atoms with Gasteiger partial charge in [0.1, 0.15) is 12.4 Å². The van der Waals surface area contributed by atoms with Crippen molar-refractivity contribution in [2.75, 3.05) is 11.1 Å². The van der Waals surface area contributed by atoms with E-state index in [-0.39, 0.29) is 24.0 Å². The van der Waals surface area contributed by atoms with Gasteiger partial charge in [-0.1, -0.05) is 30.0 Å². The highest BCUT2D eigenvalue weighted by Gasteiger charge is 2.15. The van der Waals surface area contributed by atoms with Crippen LogP contribution in [0.5, 0.6) is 5.75 Å². The first kappa shape index (κ1) is 22.3. The lowest BCUT2D eigenvalue weighted by Gasteiger charge is -2.10. The molecule has 1 N–H and O–H groups in total. The number of benzene rings is 2. The van der Waals surface area contributed by atoms with E-state index in [0.717, 1.165) is 16.9 Å². The number of carbonyl (C=O) groups is 1. The predicted octanol–water partition coefficient (Wildman–Crippen LogP) is 3.96. The van der Waals surface area contributed by atoms with Crippen molar-refractivity contribution in [3.63, 3.8) is 0 Å². The van der Waals surface area contributed by atoms with E-state index in [9.17, 15) is 14.9 Å². The third-order valence-electron chi connectivity index (χ3n) is 4.65. The smallest absolute Gasteiger partial charge is 0.274 e. The van der Waals surface area contributed by atoms with Crippen molar-refractivity contribution in [2.24, 2.45) is 7.05 Å². The van der Waals surface area contributed by atoms with Crippen molar-refractivity contribution in [2.45, 2.75) is 32.5 Å². The average Bonchev–Trinajstić information content (AvgIpc) is 3.08. The van der Waals surface area contributed by atoms with E-state index in [1.165, 1.54) is 17.8 Å². The van der Waals surface area contributed by atoms with E-state index < -0.39 is 4.92 Å². The molecule has 0 spiro atoms. The second-order valence-corrected chi connectivity index (χ2v) is 8.05. The second kappa shape index (κ2) is 9.61. The van der Waals surface area contributed by atoms with Gasteiger partial charge in [0, 0.05) is 24.4 Å². The fourth-order valence-electron chi connectivity index (χ4n) is 2.81. The Hall–Kier alpha value is -3.40. The monoisotopic (exact) mass is 441 g/mol. The van der Waals surface area contributed by atoms with Crippen LogP contribution in [-0.2, 0) is 18.4 Å². The maximum atomic E-state index is 12.3. The third kappa shape index (κ3) is 5.60. The molecule has 0 unspecified atom stereocenters. The molecule has 1 heterocycles. The van der Waals surface area contributed by atoms with Crippen LogP contribution in [-0.4, -0.2) is 31.3 Å². The third-order valence-corrected chi connectivity index (χ3v) is 5.67. The molecule has 10 heteroatoms. The number of nitro benzene ring substituents is 1. The molecule has 0 saturated heterocycles. The summed E-state index contributed by atoms with van der Waals surface area (Å²) in [7, 11) is 1.81. The van der Waals surface area contributed by atoms with E-state index in [4.69, 9.17) is 4.74 Å². The van der Waals surface area contributed by atoms with Crippen molar-refractivity contribution >= 4 is 29.0 Å². The molecule has 0 fully saturated rings. The topological polar surface area (TPSA) is 112 Å². The van der Waals surface area contributed by atoms with Gasteiger partial charge in [-0.15, -0.1) is 10.2 Å². The lowest BCUT2D eigenvalue weighted by atomic mass is 10.1. The summed E-state index contributed by atoms with van der Waals surface area (Å²) in [5.41, 5.74) is 3.03. The van der Waals surface area contributed by atoms with Gasteiger partial charge in [-0.2, -0.15) is 0 Å². The minimum absolute atomic E-state index is 0.0350. The number of carbonyl (C=O) groups excluding carboxylic acids is 1. The first-order valence-corrected chi connectivity index (χ1v) is 10.5. The summed E-state index contributed by atoms with van der Waals surface area (Å²) in [5.74, 6) is 1.23. The van der Waals surface area contributed by atoms with Crippen molar-refractivity contribution in [3.05, 3.63) is 69.0 Å². The van der Waals surface area contributed by atoms with Crippen LogP contribution < -0.4 is 10.1 Å². The Kier molecular flexibility index (Phi) is 6.91. The summed E-state index contributed by atoms with van der Waals surface area (Å²) < 4.78 is 7.65. The SMILES string of the molecule is Cc1ccc(C)c(OCc2nnc(SCC(=O)Nc3ccc(C)c([N+](=O)[O-])c3)n2C)c1. The molecule has 0 aliphatic carbocycles. The number of nitro groups is 1. The Labute approximate surface area is 184 Å². The van der Waals surface area contributed by atoms with Gasteiger partial charge in [-0.05, 0) is 44.0 Å². The maximum absolute atomic E-state index is 12.3. The molecule has 0 aliphatic heterocycles. The van der Waals surface area contributed by atoms with Crippen LogP contribution in [0, 0.1) is 30.9 Å². The highest BCUT2D eigenvalue weighted by molar-refractivity contribution is 7.99. The molecule has 0 atom stereocenters. The summed E-state index contributed by atoms with van der Waals surface area (Å²) in [6.45, 7) is 5.89. The lowest BCUT2D eigenvalue weighted by Crippen LogP contribution is -2.15. The standard InChI is InChI=1S/C21H23N5O4S/c1-13-5-6-15(3)18(9-13)30-11-19-23-24-21(25(19)4)31-12-20(27)22-16-8-7-14(2)17(10-16)26(28)29/h5-10H,11-12H2,1-4H3,(H,22,27). The number of ether oxygens (including phenoxy) is 1. The Bertz CT molecular complexity index is 1130. The first-order valence-electron chi connectivity index (χ1n) is 9.50. The number of thioether (sulfide) groups is 1. The van der Waals surface area contributed by atoms with Crippen LogP contribution in [0.25, 0.3) is 0 Å².